The molecule has 3 rings (SSSR count). The van der Waals surface area contributed by atoms with Crippen molar-refractivity contribution in [1.29, 1.82) is 0 Å². The standard InChI is InChI=1S/C18H24N4O3S2/c1-3-4-7-19-17(24)20-15(23)10-26-18-22-21-16(25-18)14-9-12-8-11(2)5-6-13(12)27-14/h9,11H,3-8,10H2,1-2H3,(H2,19,20,23,24). The highest BCUT2D eigenvalue weighted by Crippen LogP contribution is 2.37. The molecule has 0 radical (unpaired) electrons. The van der Waals surface area contributed by atoms with Gasteiger partial charge in [0.2, 0.25) is 5.91 Å². The van der Waals surface area contributed by atoms with Crippen LogP contribution in [0.2, 0.25) is 0 Å². The highest BCUT2D eigenvalue weighted by molar-refractivity contribution is 7.99. The van der Waals surface area contributed by atoms with E-state index < -0.39 is 11.9 Å². The first-order chi connectivity index (χ1) is 13.0. The number of thioether (sulfide) groups is 1. The number of carbonyl (C=O) groups excluding carboxylic acids is 2. The first-order valence-electron chi connectivity index (χ1n) is 9.21. The number of rotatable bonds is 7. The van der Waals surface area contributed by atoms with Crippen molar-refractivity contribution in [3.8, 4) is 10.8 Å². The zero-order chi connectivity index (χ0) is 19.2. The topological polar surface area (TPSA) is 97.1 Å². The predicted molar refractivity (Wildman–Crippen MR) is 106 cm³/mol. The summed E-state index contributed by atoms with van der Waals surface area (Å²) in [5, 5.41) is 13.3. The molecule has 2 heterocycles. The van der Waals surface area contributed by atoms with Crippen LogP contribution in [0.15, 0.2) is 15.7 Å². The molecule has 0 saturated heterocycles. The second kappa shape index (κ2) is 9.36. The summed E-state index contributed by atoms with van der Waals surface area (Å²) in [7, 11) is 0. The van der Waals surface area contributed by atoms with Gasteiger partial charge in [0.1, 0.15) is 0 Å². The number of hydrogen-bond donors (Lipinski definition) is 2. The number of nitrogens with one attached hydrogen (secondary N) is 2. The second-order valence-corrected chi connectivity index (χ2v) is 8.79. The molecule has 0 bridgehead atoms. The number of amides is 3. The van der Waals surface area contributed by atoms with E-state index in [9.17, 15) is 9.59 Å². The van der Waals surface area contributed by atoms with Crippen LogP contribution in [0.25, 0.3) is 10.8 Å². The SMILES string of the molecule is CCCCNC(=O)NC(=O)CSc1nnc(-c2cc3c(s2)CCC(C)C3)o1. The van der Waals surface area contributed by atoms with Crippen molar-refractivity contribution < 1.29 is 14.0 Å². The van der Waals surface area contributed by atoms with Gasteiger partial charge in [-0.1, -0.05) is 32.0 Å². The maximum atomic E-state index is 11.8. The van der Waals surface area contributed by atoms with Gasteiger partial charge >= 0.3 is 6.03 Å². The van der Waals surface area contributed by atoms with Gasteiger partial charge in [-0.25, -0.2) is 4.79 Å². The molecule has 27 heavy (non-hydrogen) atoms. The summed E-state index contributed by atoms with van der Waals surface area (Å²) >= 11 is 2.83. The smallest absolute Gasteiger partial charge is 0.321 e. The van der Waals surface area contributed by atoms with Crippen molar-refractivity contribution in [2.45, 2.75) is 51.2 Å². The zero-order valence-electron chi connectivity index (χ0n) is 15.5. The molecule has 146 valence electrons. The van der Waals surface area contributed by atoms with Crippen LogP contribution in [0.5, 0.6) is 0 Å². The highest BCUT2D eigenvalue weighted by Gasteiger charge is 2.21. The minimum atomic E-state index is -0.473. The molecule has 0 aromatic carbocycles. The first-order valence-corrected chi connectivity index (χ1v) is 11.0. The molecule has 1 atom stereocenters. The molecule has 2 N–H and O–H groups in total. The Morgan fingerprint density at radius 3 is 3.07 bits per heavy atom. The molecule has 3 amide bonds. The molecule has 7 nitrogen and oxygen atoms in total. The number of unbranched alkanes of at least 4 members (excludes halogenated alkanes) is 1. The maximum absolute atomic E-state index is 11.8. The molecule has 1 aliphatic rings. The van der Waals surface area contributed by atoms with E-state index in [4.69, 9.17) is 4.42 Å². The average Bonchev–Trinajstić information content (AvgIpc) is 3.26. The summed E-state index contributed by atoms with van der Waals surface area (Å²) in [4.78, 5) is 25.8. The zero-order valence-corrected chi connectivity index (χ0v) is 17.2. The summed E-state index contributed by atoms with van der Waals surface area (Å²) in [6.45, 7) is 4.86. The van der Waals surface area contributed by atoms with Crippen molar-refractivity contribution >= 4 is 35.0 Å². The van der Waals surface area contributed by atoms with Gasteiger partial charge in [0.05, 0.1) is 10.6 Å². The van der Waals surface area contributed by atoms with Gasteiger partial charge in [-0.15, -0.1) is 21.5 Å². The molecular weight excluding hydrogens is 384 g/mol. The van der Waals surface area contributed by atoms with E-state index in [1.165, 1.54) is 16.9 Å². The molecule has 1 unspecified atom stereocenters. The minimum absolute atomic E-state index is 0.0429. The molecule has 0 fully saturated rings. The van der Waals surface area contributed by atoms with E-state index in [0.29, 0.717) is 23.6 Å². The van der Waals surface area contributed by atoms with Crippen molar-refractivity contribution in [3.63, 3.8) is 0 Å². The second-order valence-electron chi connectivity index (χ2n) is 6.73. The Kier molecular flexibility index (Phi) is 6.89. The van der Waals surface area contributed by atoms with Gasteiger partial charge in [0.15, 0.2) is 0 Å². The summed E-state index contributed by atoms with van der Waals surface area (Å²) in [5.74, 6) is 0.851. The number of urea groups is 1. The third-order valence-corrected chi connectivity index (χ3v) is 6.39. The molecule has 0 aliphatic heterocycles. The largest absolute Gasteiger partial charge is 0.410 e. The summed E-state index contributed by atoms with van der Waals surface area (Å²) in [6.07, 6.45) is 5.29. The van der Waals surface area contributed by atoms with Crippen molar-refractivity contribution in [2.24, 2.45) is 5.92 Å². The Balaban J connectivity index is 1.50. The fraction of sp³-hybridized carbons (Fsp3) is 0.556. The van der Waals surface area contributed by atoms with Gasteiger partial charge in [0.25, 0.3) is 11.1 Å². The molecule has 2 aromatic rings. The van der Waals surface area contributed by atoms with Gasteiger partial charge in [-0.05, 0) is 43.2 Å². The van der Waals surface area contributed by atoms with E-state index in [2.05, 4.69) is 33.8 Å². The average molecular weight is 409 g/mol. The molecule has 9 heteroatoms. The van der Waals surface area contributed by atoms with E-state index >= 15 is 0 Å². The van der Waals surface area contributed by atoms with E-state index in [1.807, 2.05) is 6.92 Å². The Morgan fingerprint density at radius 1 is 1.41 bits per heavy atom. The molecule has 2 aromatic heterocycles. The number of thiophene rings is 1. The number of fused-ring (bicyclic) bond motifs is 1. The third kappa shape index (κ3) is 5.55. The van der Waals surface area contributed by atoms with Gasteiger partial charge < -0.3 is 9.73 Å². The minimum Gasteiger partial charge on any atom is -0.410 e. The van der Waals surface area contributed by atoms with E-state index in [0.717, 1.165) is 42.3 Å². The predicted octanol–water partition coefficient (Wildman–Crippen LogP) is 3.64. The Bertz CT molecular complexity index is 802. The number of nitrogens with zero attached hydrogens (tertiary/aromatic N) is 2. The van der Waals surface area contributed by atoms with E-state index in [-0.39, 0.29) is 5.75 Å². The number of hydrogen-bond acceptors (Lipinski definition) is 7. The van der Waals surface area contributed by atoms with Crippen molar-refractivity contribution in [1.82, 2.24) is 20.8 Å². The van der Waals surface area contributed by atoms with Crippen molar-refractivity contribution in [3.05, 3.63) is 16.5 Å². The molecule has 0 saturated carbocycles. The van der Waals surface area contributed by atoms with Crippen LogP contribution < -0.4 is 10.6 Å². The summed E-state index contributed by atoms with van der Waals surface area (Å²) < 4.78 is 5.68. The number of imide groups is 1. The van der Waals surface area contributed by atoms with Crippen LogP contribution in [0.4, 0.5) is 4.79 Å². The lowest BCUT2D eigenvalue weighted by atomic mass is 9.90. The van der Waals surface area contributed by atoms with Crippen LogP contribution in [-0.2, 0) is 17.6 Å². The number of carbonyl (C=O) groups is 2. The fourth-order valence-corrected chi connectivity index (χ4v) is 4.58. The molecular formula is C18H24N4O3S2. The summed E-state index contributed by atoms with van der Waals surface area (Å²) in [6, 6.07) is 1.67. The summed E-state index contributed by atoms with van der Waals surface area (Å²) in [5.41, 5.74) is 1.38. The Hall–Kier alpha value is -1.87. The first kappa shape index (κ1) is 19.9. The number of aryl methyl sites for hydroxylation is 1. The maximum Gasteiger partial charge on any atom is 0.321 e. The Morgan fingerprint density at radius 2 is 2.26 bits per heavy atom. The van der Waals surface area contributed by atoms with Gasteiger partial charge in [-0.2, -0.15) is 0 Å². The Labute approximate surface area is 166 Å². The molecule has 1 aliphatic carbocycles. The highest BCUT2D eigenvalue weighted by atomic mass is 32.2. The van der Waals surface area contributed by atoms with Crippen LogP contribution >= 0.6 is 23.1 Å². The van der Waals surface area contributed by atoms with Crippen molar-refractivity contribution in [2.75, 3.05) is 12.3 Å². The monoisotopic (exact) mass is 408 g/mol. The van der Waals surface area contributed by atoms with Crippen LogP contribution in [0, 0.1) is 5.92 Å². The van der Waals surface area contributed by atoms with Crippen LogP contribution in [0.1, 0.15) is 43.6 Å². The number of aromatic nitrogens is 2. The van der Waals surface area contributed by atoms with Crippen LogP contribution in [-0.4, -0.2) is 34.4 Å². The lowest BCUT2D eigenvalue weighted by Crippen LogP contribution is -2.40. The van der Waals surface area contributed by atoms with E-state index in [1.54, 1.807) is 11.3 Å². The van der Waals surface area contributed by atoms with Gasteiger partial charge in [-0.3, -0.25) is 10.1 Å². The van der Waals surface area contributed by atoms with Gasteiger partial charge in [0, 0.05) is 11.4 Å². The third-order valence-electron chi connectivity index (χ3n) is 4.34. The fourth-order valence-electron chi connectivity index (χ4n) is 2.89. The van der Waals surface area contributed by atoms with Crippen LogP contribution in [0.3, 0.4) is 0 Å². The lowest BCUT2D eigenvalue weighted by Gasteiger charge is -2.16. The quantitative estimate of drug-likeness (QED) is 0.536. The molecule has 0 spiro atoms. The lowest BCUT2D eigenvalue weighted by molar-refractivity contribution is -0.117. The normalized spacial score (nSPS) is 16.0.